The smallest absolute Gasteiger partial charge is 0.255 e. The number of amides is 1. The zero-order valence-electron chi connectivity index (χ0n) is 18.7. The molecule has 0 unspecified atom stereocenters. The van der Waals surface area contributed by atoms with Crippen molar-refractivity contribution < 1.29 is 9.53 Å². The molecule has 2 aromatic heterocycles. The van der Waals surface area contributed by atoms with Crippen molar-refractivity contribution in [2.24, 2.45) is 0 Å². The molecular formula is C24H28N6O2. The van der Waals surface area contributed by atoms with E-state index in [0.717, 1.165) is 17.2 Å². The van der Waals surface area contributed by atoms with Crippen LogP contribution >= 0.6 is 0 Å². The SMILES string of the molecule is CCOc1ccc(C(=O)N2CCN(c3cc(C)nc(Nc4ccc(C)cc4)n3)CC2)cn1. The number of hydrogen-bond acceptors (Lipinski definition) is 7. The predicted molar refractivity (Wildman–Crippen MR) is 125 cm³/mol. The van der Waals surface area contributed by atoms with Crippen LogP contribution in [0, 0.1) is 13.8 Å². The Morgan fingerprint density at radius 1 is 1.03 bits per heavy atom. The number of rotatable bonds is 6. The molecule has 1 amide bonds. The number of carbonyl (C=O) groups is 1. The number of piperazine rings is 1. The standard InChI is InChI=1S/C24H28N6O2/c1-4-32-22-10-7-19(16-25-22)23(31)30-13-11-29(12-14-30)21-15-18(3)26-24(28-21)27-20-8-5-17(2)6-9-20/h5-10,15-16H,4,11-14H2,1-3H3,(H,26,27,28). The molecule has 1 aromatic carbocycles. The highest BCUT2D eigenvalue weighted by atomic mass is 16.5. The molecule has 1 aliphatic rings. The van der Waals surface area contributed by atoms with Gasteiger partial charge < -0.3 is 19.9 Å². The molecule has 0 spiro atoms. The van der Waals surface area contributed by atoms with Gasteiger partial charge in [-0.15, -0.1) is 0 Å². The lowest BCUT2D eigenvalue weighted by molar-refractivity contribution is 0.0746. The molecule has 1 aliphatic heterocycles. The largest absolute Gasteiger partial charge is 0.478 e. The van der Waals surface area contributed by atoms with Gasteiger partial charge in [-0.25, -0.2) is 9.97 Å². The second kappa shape index (κ2) is 9.64. The van der Waals surface area contributed by atoms with Gasteiger partial charge in [-0.2, -0.15) is 4.98 Å². The minimum Gasteiger partial charge on any atom is -0.478 e. The van der Waals surface area contributed by atoms with E-state index in [-0.39, 0.29) is 5.91 Å². The molecule has 1 N–H and O–H groups in total. The molecule has 8 heteroatoms. The van der Waals surface area contributed by atoms with Crippen LogP contribution in [0.4, 0.5) is 17.5 Å². The molecule has 0 saturated carbocycles. The molecule has 0 aliphatic carbocycles. The number of benzene rings is 1. The zero-order valence-corrected chi connectivity index (χ0v) is 18.7. The summed E-state index contributed by atoms with van der Waals surface area (Å²) < 4.78 is 5.35. The summed E-state index contributed by atoms with van der Waals surface area (Å²) in [5, 5.41) is 3.28. The topological polar surface area (TPSA) is 83.5 Å². The van der Waals surface area contributed by atoms with Gasteiger partial charge in [-0.1, -0.05) is 17.7 Å². The van der Waals surface area contributed by atoms with Crippen LogP contribution in [0.2, 0.25) is 0 Å². The average Bonchev–Trinajstić information content (AvgIpc) is 2.81. The number of hydrogen-bond donors (Lipinski definition) is 1. The first-order valence-electron chi connectivity index (χ1n) is 10.8. The number of ether oxygens (including phenoxy) is 1. The Hall–Kier alpha value is -3.68. The average molecular weight is 433 g/mol. The third kappa shape index (κ3) is 5.14. The van der Waals surface area contributed by atoms with Crippen molar-refractivity contribution in [2.75, 3.05) is 43.0 Å². The van der Waals surface area contributed by atoms with Crippen LogP contribution in [-0.2, 0) is 0 Å². The van der Waals surface area contributed by atoms with E-state index in [0.29, 0.717) is 50.2 Å². The molecule has 3 heterocycles. The molecule has 166 valence electrons. The van der Waals surface area contributed by atoms with Crippen LogP contribution in [0.1, 0.15) is 28.5 Å². The molecule has 4 rings (SSSR count). The molecule has 0 atom stereocenters. The van der Waals surface area contributed by atoms with Crippen LogP contribution < -0.4 is 15.0 Å². The van der Waals surface area contributed by atoms with E-state index >= 15 is 0 Å². The summed E-state index contributed by atoms with van der Waals surface area (Å²) in [7, 11) is 0. The van der Waals surface area contributed by atoms with Gasteiger partial charge in [0.05, 0.1) is 12.2 Å². The van der Waals surface area contributed by atoms with Gasteiger partial charge in [0, 0.05) is 55.9 Å². The van der Waals surface area contributed by atoms with Crippen LogP contribution in [0.25, 0.3) is 0 Å². The molecule has 0 radical (unpaired) electrons. The quantitative estimate of drug-likeness (QED) is 0.637. The maximum absolute atomic E-state index is 12.8. The Bertz CT molecular complexity index is 1060. The fourth-order valence-electron chi connectivity index (χ4n) is 3.60. The number of anilines is 3. The molecule has 3 aromatic rings. The molecule has 0 bridgehead atoms. The van der Waals surface area contributed by atoms with Crippen molar-refractivity contribution in [2.45, 2.75) is 20.8 Å². The number of aryl methyl sites for hydroxylation is 2. The Balaban J connectivity index is 1.39. The molecule has 1 fully saturated rings. The highest BCUT2D eigenvalue weighted by Crippen LogP contribution is 2.21. The van der Waals surface area contributed by atoms with Gasteiger partial charge in [0.15, 0.2) is 0 Å². The van der Waals surface area contributed by atoms with Crippen molar-refractivity contribution in [1.29, 1.82) is 0 Å². The third-order valence-corrected chi connectivity index (χ3v) is 5.31. The Morgan fingerprint density at radius 2 is 1.78 bits per heavy atom. The highest BCUT2D eigenvalue weighted by molar-refractivity contribution is 5.94. The fraction of sp³-hybridized carbons (Fsp3) is 0.333. The Kier molecular flexibility index (Phi) is 6.49. The summed E-state index contributed by atoms with van der Waals surface area (Å²) in [6.45, 7) is 9.12. The van der Waals surface area contributed by atoms with E-state index in [4.69, 9.17) is 9.72 Å². The van der Waals surface area contributed by atoms with Crippen LogP contribution in [0.15, 0.2) is 48.7 Å². The number of nitrogens with one attached hydrogen (secondary N) is 1. The molecular weight excluding hydrogens is 404 g/mol. The predicted octanol–water partition coefficient (Wildman–Crippen LogP) is 3.59. The van der Waals surface area contributed by atoms with Crippen molar-refractivity contribution in [3.63, 3.8) is 0 Å². The summed E-state index contributed by atoms with van der Waals surface area (Å²) in [6, 6.07) is 13.6. The van der Waals surface area contributed by atoms with Crippen molar-refractivity contribution in [1.82, 2.24) is 19.9 Å². The monoisotopic (exact) mass is 432 g/mol. The summed E-state index contributed by atoms with van der Waals surface area (Å²) in [5.74, 6) is 1.95. The maximum atomic E-state index is 12.8. The second-order valence-corrected chi connectivity index (χ2v) is 7.78. The van der Waals surface area contributed by atoms with E-state index in [1.54, 1.807) is 18.3 Å². The number of aromatic nitrogens is 3. The highest BCUT2D eigenvalue weighted by Gasteiger charge is 2.23. The molecule has 1 saturated heterocycles. The van der Waals surface area contributed by atoms with E-state index in [1.165, 1.54) is 5.56 Å². The van der Waals surface area contributed by atoms with Crippen molar-refractivity contribution in [3.05, 3.63) is 65.5 Å². The van der Waals surface area contributed by atoms with Crippen LogP contribution in [0.5, 0.6) is 5.88 Å². The first-order chi connectivity index (χ1) is 15.5. The van der Waals surface area contributed by atoms with Gasteiger partial charge in [0.2, 0.25) is 11.8 Å². The lowest BCUT2D eigenvalue weighted by atomic mass is 10.2. The second-order valence-electron chi connectivity index (χ2n) is 7.78. The lowest BCUT2D eigenvalue weighted by Crippen LogP contribution is -2.49. The summed E-state index contributed by atoms with van der Waals surface area (Å²) in [5.41, 5.74) is 3.62. The van der Waals surface area contributed by atoms with Crippen LogP contribution in [-0.4, -0.2) is 58.5 Å². The fourth-order valence-corrected chi connectivity index (χ4v) is 3.60. The Morgan fingerprint density at radius 3 is 2.44 bits per heavy atom. The number of pyridine rings is 1. The van der Waals surface area contributed by atoms with Crippen molar-refractivity contribution in [3.8, 4) is 5.88 Å². The summed E-state index contributed by atoms with van der Waals surface area (Å²) in [4.78, 5) is 30.3. The van der Waals surface area contributed by atoms with E-state index < -0.39 is 0 Å². The van der Waals surface area contributed by atoms with Gasteiger partial charge in [0.25, 0.3) is 5.91 Å². The third-order valence-electron chi connectivity index (χ3n) is 5.31. The normalized spacial score (nSPS) is 13.7. The van der Waals surface area contributed by atoms with Gasteiger partial charge in [0.1, 0.15) is 5.82 Å². The first kappa shape index (κ1) is 21.5. The van der Waals surface area contributed by atoms with E-state index in [1.807, 2.05) is 36.9 Å². The Labute approximate surface area is 188 Å². The minimum absolute atomic E-state index is 0.0132. The lowest BCUT2D eigenvalue weighted by Gasteiger charge is -2.35. The summed E-state index contributed by atoms with van der Waals surface area (Å²) >= 11 is 0. The van der Waals surface area contributed by atoms with Crippen molar-refractivity contribution >= 4 is 23.4 Å². The van der Waals surface area contributed by atoms with Gasteiger partial charge in [-0.3, -0.25) is 4.79 Å². The molecule has 32 heavy (non-hydrogen) atoms. The van der Waals surface area contributed by atoms with Crippen LogP contribution in [0.3, 0.4) is 0 Å². The summed E-state index contributed by atoms with van der Waals surface area (Å²) in [6.07, 6.45) is 1.58. The maximum Gasteiger partial charge on any atom is 0.255 e. The van der Waals surface area contributed by atoms with Gasteiger partial charge in [-0.05, 0) is 39.0 Å². The molecule has 8 nitrogen and oxygen atoms in total. The number of nitrogens with zero attached hydrogens (tertiary/aromatic N) is 5. The minimum atomic E-state index is -0.0132. The van der Waals surface area contributed by atoms with Gasteiger partial charge >= 0.3 is 0 Å². The van der Waals surface area contributed by atoms with E-state index in [2.05, 4.69) is 39.2 Å². The zero-order chi connectivity index (χ0) is 22.5. The first-order valence-corrected chi connectivity index (χ1v) is 10.8. The number of carbonyl (C=O) groups excluding carboxylic acids is 1. The van der Waals surface area contributed by atoms with E-state index in [9.17, 15) is 4.79 Å².